The van der Waals surface area contributed by atoms with Gasteiger partial charge in [-0.15, -0.1) is 0 Å². The fraction of sp³-hybridized carbons (Fsp3) is 0.429. The van der Waals surface area contributed by atoms with Gasteiger partial charge in [-0.25, -0.2) is 14.0 Å². The smallest absolute Gasteiger partial charge is 0.414 e. The summed E-state index contributed by atoms with van der Waals surface area (Å²) in [4.78, 5) is 22.7. The monoisotopic (exact) mass is 299 g/mol. The van der Waals surface area contributed by atoms with Crippen molar-refractivity contribution in [2.24, 2.45) is 0 Å². The van der Waals surface area contributed by atoms with Crippen LogP contribution in [0.3, 0.4) is 0 Å². The molecule has 21 heavy (non-hydrogen) atoms. The molecule has 0 saturated heterocycles. The van der Waals surface area contributed by atoms with Crippen molar-refractivity contribution in [1.29, 1.82) is 0 Å². The largest absolute Gasteiger partial charge is 0.467 e. The minimum absolute atomic E-state index is 0.120. The van der Waals surface area contributed by atoms with Crippen LogP contribution in [0.2, 0.25) is 0 Å². The van der Waals surface area contributed by atoms with Crippen LogP contribution >= 0.6 is 0 Å². The van der Waals surface area contributed by atoms with Gasteiger partial charge in [0.05, 0.1) is 7.11 Å². The first-order valence-corrected chi connectivity index (χ1v) is 6.45. The molecule has 116 valence electrons. The summed E-state index contributed by atoms with van der Waals surface area (Å²) in [5.74, 6) is -0.818. The third kappa shape index (κ3) is 5.39. The third-order valence-corrected chi connectivity index (χ3v) is 2.62. The molecule has 0 spiro atoms. The summed E-state index contributed by atoms with van der Waals surface area (Å²) in [7, 11) is 1.15. The van der Waals surface area contributed by atoms with Gasteiger partial charge >= 0.3 is 12.1 Å². The first kappa shape index (κ1) is 16.9. The Kier molecular flexibility index (Phi) is 6.61. The SMILES string of the molecule is CCCC(F)OC(=O)Nc1cccc(C(O)C(=O)OC)c1. The lowest BCUT2D eigenvalue weighted by Gasteiger charge is -2.12. The predicted octanol–water partition coefficient (Wildman–Crippen LogP) is 2.54. The molecule has 6 nitrogen and oxygen atoms in total. The molecule has 0 heterocycles. The highest BCUT2D eigenvalue weighted by Gasteiger charge is 2.18. The number of alkyl halides is 1. The van der Waals surface area contributed by atoms with Crippen LogP contribution < -0.4 is 5.32 Å². The van der Waals surface area contributed by atoms with E-state index in [1.807, 2.05) is 0 Å². The lowest BCUT2D eigenvalue weighted by molar-refractivity contribution is -0.150. The highest BCUT2D eigenvalue weighted by atomic mass is 19.1. The summed E-state index contributed by atoms with van der Waals surface area (Å²) in [5.41, 5.74) is 0.508. The second-order valence-corrected chi connectivity index (χ2v) is 4.28. The summed E-state index contributed by atoms with van der Waals surface area (Å²) in [6.45, 7) is 1.77. The molecule has 1 amide bonds. The molecule has 0 aliphatic carbocycles. The van der Waals surface area contributed by atoms with Gasteiger partial charge in [0.1, 0.15) is 0 Å². The van der Waals surface area contributed by atoms with E-state index >= 15 is 0 Å². The zero-order valence-corrected chi connectivity index (χ0v) is 11.8. The van der Waals surface area contributed by atoms with Gasteiger partial charge in [0.15, 0.2) is 6.10 Å². The van der Waals surface area contributed by atoms with Crippen molar-refractivity contribution >= 4 is 17.7 Å². The van der Waals surface area contributed by atoms with Crippen LogP contribution in [0.4, 0.5) is 14.9 Å². The van der Waals surface area contributed by atoms with Gasteiger partial charge < -0.3 is 14.6 Å². The van der Waals surface area contributed by atoms with Crippen LogP contribution in [0, 0.1) is 0 Å². The molecule has 0 aliphatic rings. The number of hydrogen-bond donors (Lipinski definition) is 2. The maximum atomic E-state index is 13.1. The Morgan fingerprint density at radius 2 is 2.14 bits per heavy atom. The molecular formula is C14H18FNO5. The quantitative estimate of drug-likeness (QED) is 0.788. The van der Waals surface area contributed by atoms with Crippen LogP contribution in [0.15, 0.2) is 24.3 Å². The normalized spacial score (nSPS) is 13.1. The Balaban J connectivity index is 2.68. The summed E-state index contributed by atoms with van der Waals surface area (Å²) < 4.78 is 22.0. The van der Waals surface area contributed by atoms with Crippen molar-refractivity contribution in [1.82, 2.24) is 0 Å². The minimum Gasteiger partial charge on any atom is -0.467 e. The van der Waals surface area contributed by atoms with Crippen LogP contribution in [0.1, 0.15) is 31.4 Å². The van der Waals surface area contributed by atoms with E-state index in [2.05, 4.69) is 14.8 Å². The zero-order chi connectivity index (χ0) is 15.8. The number of carbonyl (C=O) groups is 2. The molecule has 0 aromatic heterocycles. The Morgan fingerprint density at radius 3 is 2.76 bits per heavy atom. The molecule has 0 fully saturated rings. The lowest BCUT2D eigenvalue weighted by Crippen LogP contribution is -2.19. The van der Waals surface area contributed by atoms with E-state index in [0.29, 0.717) is 6.42 Å². The minimum atomic E-state index is -1.67. The Hall–Kier alpha value is -2.15. The summed E-state index contributed by atoms with van der Waals surface area (Å²) >= 11 is 0. The van der Waals surface area contributed by atoms with E-state index in [0.717, 1.165) is 7.11 Å². The maximum absolute atomic E-state index is 13.1. The standard InChI is InChI=1S/C14H18FNO5/c1-3-5-11(15)21-14(19)16-10-7-4-6-9(8-10)12(17)13(18)20-2/h4,6-8,11-12,17H,3,5H2,1-2H3,(H,16,19). The van der Waals surface area contributed by atoms with Gasteiger partial charge in [0.25, 0.3) is 0 Å². The Labute approximate surface area is 121 Å². The molecule has 0 aliphatic heterocycles. The van der Waals surface area contributed by atoms with Gasteiger partial charge in [0.2, 0.25) is 6.36 Å². The fourth-order valence-corrected chi connectivity index (χ4v) is 1.58. The lowest BCUT2D eigenvalue weighted by atomic mass is 10.1. The van der Waals surface area contributed by atoms with E-state index in [-0.39, 0.29) is 17.7 Å². The average Bonchev–Trinajstić information content (AvgIpc) is 2.45. The van der Waals surface area contributed by atoms with E-state index in [1.54, 1.807) is 6.92 Å². The van der Waals surface area contributed by atoms with Crippen LogP contribution in [0.25, 0.3) is 0 Å². The van der Waals surface area contributed by atoms with E-state index in [4.69, 9.17) is 0 Å². The molecule has 1 rings (SSSR count). The highest BCUT2D eigenvalue weighted by molar-refractivity contribution is 5.85. The number of aliphatic hydroxyl groups is 1. The van der Waals surface area contributed by atoms with E-state index in [1.165, 1.54) is 24.3 Å². The molecule has 7 heteroatoms. The summed E-state index contributed by atoms with van der Waals surface area (Å²) in [5, 5.41) is 12.0. The number of benzene rings is 1. The van der Waals surface area contributed by atoms with Crippen molar-refractivity contribution in [2.45, 2.75) is 32.2 Å². The predicted molar refractivity (Wildman–Crippen MR) is 73.3 cm³/mol. The number of nitrogens with one attached hydrogen (secondary N) is 1. The fourth-order valence-electron chi connectivity index (χ4n) is 1.58. The topological polar surface area (TPSA) is 84.9 Å². The van der Waals surface area contributed by atoms with Gasteiger partial charge in [-0.3, -0.25) is 5.32 Å². The maximum Gasteiger partial charge on any atom is 0.414 e. The van der Waals surface area contributed by atoms with Gasteiger partial charge in [0, 0.05) is 12.1 Å². The van der Waals surface area contributed by atoms with Crippen molar-refractivity contribution in [3.8, 4) is 0 Å². The van der Waals surface area contributed by atoms with E-state index < -0.39 is 24.5 Å². The van der Waals surface area contributed by atoms with Crippen molar-refractivity contribution in [3.05, 3.63) is 29.8 Å². The molecule has 2 unspecified atom stereocenters. The Bertz CT molecular complexity index is 494. The average molecular weight is 299 g/mol. The second kappa shape index (κ2) is 8.21. The number of carbonyl (C=O) groups excluding carboxylic acids is 2. The molecule has 2 atom stereocenters. The second-order valence-electron chi connectivity index (χ2n) is 4.28. The van der Waals surface area contributed by atoms with Crippen molar-refractivity contribution in [3.63, 3.8) is 0 Å². The molecule has 2 N–H and O–H groups in total. The van der Waals surface area contributed by atoms with Crippen molar-refractivity contribution in [2.75, 3.05) is 12.4 Å². The van der Waals surface area contributed by atoms with Gasteiger partial charge in [-0.05, 0) is 24.1 Å². The number of amides is 1. The Morgan fingerprint density at radius 1 is 1.43 bits per heavy atom. The number of aliphatic hydroxyl groups excluding tert-OH is 1. The first-order chi connectivity index (χ1) is 9.97. The first-order valence-electron chi connectivity index (χ1n) is 6.45. The molecule has 0 radical (unpaired) electrons. The van der Waals surface area contributed by atoms with Crippen LogP contribution in [0.5, 0.6) is 0 Å². The van der Waals surface area contributed by atoms with Crippen LogP contribution in [-0.2, 0) is 14.3 Å². The number of halogens is 1. The highest BCUT2D eigenvalue weighted by Crippen LogP contribution is 2.19. The van der Waals surface area contributed by atoms with Crippen LogP contribution in [-0.4, -0.2) is 30.6 Å². The molecule has 0 saturated carbocycles. The molecule has 1 aromatic carbocycles. The molecular weight excluding hydrogens is 281 g/mol. The number of hydrogen-bond acceptors (Lipinski definition) is 5. The number of anilines is 1. The zero-order valence-electron chi connectivity index (χ0n) is 11.8. The van der Waals surface area contributed by atoms with Crippen molar-refractivity contribution < 1.29 is 28.6 Å². The number of esters is 1. The van der Waals surface area contributed by atoms with E-state index in [9.17, 15) is 19.1 Å². The van der Waals surface area contributed by atoms with Gasteiger partial charge in [-0.2, -0.15) is 0 Å². The summed E-state index contributed by atoms with van der Waals surface area (Å²) in [6, 6.07) is 5.90. The molecule has 1 aromatic rings. The van der Waals surface area contributed by atoms with Gasteiger partial charge in [-0.1, -0.05) is 19.1 Å². The summed E-state index contributed by atoms with van der Waals surface area (Å²) in [6.07, 6.45) is -3.40. The number of methoxy groups -OCH3 is 1. The number of ether oxygens (including phenoxy) is 2. The number of rotatable bonds is 6. The molecule has 0 bridgehead atoms. The third-order valence-electron chi connectivity index (χ3n) is 2.62.